The summed E-state index contributed by atoms with van der Waals surface area (Å²) in [6, 6.07) is 7.13. The van der Waals surface area contributed by atoms with Crippen molar-refractivity contribution in [1.29, 1.82) is 0 Å². The zero-order valence-electron chi connectivity index (χ0n) is 16.1. The molecule has 0 atom stereocenters. The van der Waals surface area contributed by atoms with Gasteiger partial charge in [0.2, 0.25) is 10.0 Å². The molecule has 1 aliphatic rings. The van der Waals surface area contributed by atoms with E-state index in [4.69, 9.17) is 0 Å². The molecule has 0 saturated carbocycles. The fraction of sp³-hybridized carbons (Fsp3) is 0.474. The first-order valence-electron chi connectivity index (χ1n) is 9.27. The molecule has 27 heavy (non-hydrogen) atoms. The Balaban J connectivity index is 1.81. The quantitative estimate of drug-likeness (QED) is 0.803. The normalized spacial score (nSPS) is 15.9. The van der Waals surface area contributed by atoms with Gasteiger partial charge in [0.05, 0.1) is 5.52 Å². The van der Waals surface area contributed by atoms with Crippen LogP contribution in [0.4, 0.5) is 4.79 Å². The van der Waals surface area contributed by atoms with E-state index in [1.54, 1.807) is 28.1 Å². The summed E-state index contributed by atoms with van der Waals surface area (Å²) in [5.41, 5.74) is 1.48. The first kappa shape index (κ1) is 19.6. The van der Waals surface area contributed by atoms with Gasteiger partial charge in [0.1, 0.15) is 4.90 Å². The minimum absolute atomic E-state index is 0.0284. The molecular formula is C19H26N4O3S. The number of sulfonamides is 1. The third-order valence-corrected chi connectivity index (χ3v) is 6.90. The maximum Gasteiger partial charge on any atom is 0.320 e. The summed E-state index contributed by atoms with van der Waals surface area (Å²) >= 11 is 0. The molecule has 1 saturated heterocycles. The molecule has 1 aromatic carbocycles. The van der Waals surface area contributed by atoms with Crippen LogP contribution in [0.2, 0.25) is 0 Å². The van der Waals surface area contributed by atoms with Crippen LogP contribution in [-0.2, 0) is 10.0 Å². The number of hydrogen-bond donors (Lipinski definition) is 0. The van der Waals surface area contributed by atoms with E-state index < -0.39 is 10.0 Å². The minimum atomic E-state index is -3.66. The first-order chi connectivity index (χ1) is 12.9. The van der Waals surface area contributed by atoms with E-state index in [2.05, 4.69) is 4.98 Å². The van der Waals surface area contributed by atoms with Crippen LogP contribution in [-0.4, -0.2) is 72.8 Å². The number of rotatable bonds is 4. The third-order valence-electron chi connectivity index (χ3n) is 4.97. The van der Waals surface area contributed by atoms with Crippen molar-refractivity contribution in [1.82, 2.24) is 19.1 Å². The number of carbonyl (C=O) groups is 1. The second-order valence-corrected chi connectivity index (χ2v) is 8.59. The van der Waals surface area contributed by atoms with Gasteiger partial charge in [0.25, 0.3) is 0 Å². The van der Waals surface area contributed by atoms with E-state index in [0.29, 0.717) is 31.7 Å². The number of aryl methyl sites for hydroxylation is 1. The molecule has 1 fully saturated rings. The van der Waals surface area contributed by atoms with Crippen molar-refractivity contribution in [2.75, 3.05) is 39.3 Å². The Labute approximate surface area is 160 Å². The second kappa shape index (κ2) is 7.82. The van der Waals surface area contributed by atoms with Gasteiger partial charge in [-0.2, -0.15) is 4.31 Å². The van der Waals surface area contributed by atoms with Crippen molar-refractivity contribution >= 4 is 27.0 Å². The number of amides is 2. The van der Waals surface area contributed by atoms with Gasteiger partial charge >= 0.3 is 6.03 Å². The number of benzene rings is 1. The minimum Gasteiger partial charge on any atom is -0.325 e. The van der Waals surface area contributed by atoms with Crippen molar-refractivity contribution in [2.45, 2.75) is 25.7 Å². The van der Waals surface area contributed by atoms with Gasteiger partial charge in [0, 0.05) is 50.9 Å². The highest BCUT2D eigenvalue weighted by molar-refractivity contribution is 7.89. The lowest BCUT2D eigenvalue weighted by Crippen LogP contribution is -2.53. The van der Waals surface area contributed by atoms with Crippen LogP contribution in [0, 0.1) is 6.92 Å². The number of hydrogen-bond acceptors (Lipinski definition) is 4. The van der Waals surface area contributed by atoms with Crippen molar-refractivity contribution in [3.05, 3.63) is 36.0 Å². The Hall–Kier alpha value is -2.19. The van der Waals surface area contributed by atoms with E-state index in [-0.39, 0.29) is 24.0 Å². The van der Waals surface area contributed by atoms with E-state index >= 15 is 0 Å². The highest BCUT2D eigenvalue weighted by Crippen LogP contribution is 2.25. The number of aromatic nitrogens is 1. The number of fused-ring (bicyclic) bond motifs is 1. The van der Waals surface area contributed by atoms with E-state index in [1.807, 2.05) is 32.9 Å². The molecule has 146 valence electrons. The number of nitrogens with zero attached hydrogens (tertiary/aromatic N) is 4. The molecule has 0 unspecified atom stereocenters. The topological polar surface area (TPSA) is 73.8 Å². The van der Waals surface area contributed by atoms with Crippen LogP contribution in [0.1, 0.15) is 19.4 Å². The van der Waals surface area contributed by atoms with Crippen LogP contribution in [0.5, 0.6) is 0 Å². The zero-order chi connectivity index (χ0) is 19.6. The van der Waals surface area contributed by atoms with E-state index in [0.717, 1.165) is 10.9 Å². The number of piperazine rings is 1. The highest BCUT2D eigenvalue weighted by atomic mass is 32.2. The third kappa shape index (κ3) is 3.77. The van der Waals surface area contributed by atoms with Gasteiger partial charge in [-0.05, 0) is 38.5 Å². The van der Waals surface area contributed by atoms with Crippen LogP contribution < -0.4 is 0 Å². The highest BCUT2D eigenvalue weighted by Gasteiger charge is 2.32. The van der Waals surface area contributed by atoms with Gasteiger partial charge in [-0.3, -0.25) is 4.98 Å². The first-order valence-corrected chi connectivity index (χ1v) is 10.7. The standard InChI is InChI=1S/C19H26N4O3S/c1-4-21(5-2)19(24)22-9-11-23(12-10-22)27(25,26)17-8-6-7-16-13-15(3)14-20-18(16)17/h6-8,13-14H,4-5,9-12H2,1-3H3. The van der Waals surface area contributed by atoms with E-state index in [1.165, 1.54) is 4.31 Å². The number of pyridine rings is 1. The van der Waals surface area contributed by atoms with Gasteiger partial charge in [0.15, 0.2) is 0 Å². The molecule has 0 radical (unpaired) electrons. The SMILES string of the molecule is CCN(CC)C(=O)N1CCN(S(=O)(=O)c2cccc3cc(C)cnc23)CC1. The Morgan fingerprint density at radius 2 is 1.81 bits per heavy atom. The molecule has 2 aromatic rings. The maximum atomic E-state index is 13.2. The molecule has 0 N–H and O–H groups in total. The Morgan fingerprint density at radius 1 is 1.15 bits per heavy atom. The fourth-order valence-corrected chi connectivity index (χ4v) is 4.99. The Kier molecular flexibility index (Phi) is 5.67. The molecule has 0 bridgehead atoms. The summed E-state index contributed by atoms with van der Waals surface area (Å²) in [4.78, 5) is 20.5. The number of urea groups is 1. The van der Waals surface area contributed by atoms with Crippen molar-refractivity contribution in [3.8, 4) is 0 Å². The van der Waals surface area contributed by atoms with Crippen LogP contribution in [0.15, 0.2) is 35.4 Å². The Morgan fingerprint density at radius 3 is 2.44 bits per heavy atom. The lowest BCUT2D eigenvalue weighted by molar-refractivity contribution is 0.138. The average Bonchev–Trinajstić information content (AvgIpc) is 2.68. The molecule has 3 rings (SSSR count). The van der Waals surface area contributed by atoms with Gasteiger partial charge in [-0.1, -0.05) is 12.1 Å². The van der Waals surface area contributed by atoms with Gasteiger partial charge in [-0.25, -0.2) is 13.2 Å². The molecule has 1 aliphatic heterocycles. The summed E-state index contributed by atoms with van der Waals surface area (Å²) < 4.78 is 27.8. The summed E-state index contributed by atoms with van der Waals surface area (Å²) in [5.74, 6) is 0. The van der Waals surface area contributed by atoms with Gasteiger partial charge in [-0.15, -0.1) is 0 Å². The predicted molar refractivity (Wildman–Crippen MR) is 105 cm³/mol. The lowest BCUT2D eigenvalue weighted by Gasteiger charge is -2.36. The molecule has 2 heterocycles. The van der Waals surface area contributed by atoms with Crippen LogP contribution >= 0.6 is 0 Å². The van der Waals surface area contributed by atoms with Crippen molar-refractivity contribution < 1.29 is 13.2 Å². The fourth-order valence-electron chi connectivity index (χ4n) is 3.40. The molecule has 0 aliphatic carbocycles. The largest absolute Gasteiger partial charge is 0.325 e. The molecule has 7 nitrogen and oxygen atoms in total. The second-order valence-electron chi connectivity index (χ2n) is 6.69. The Bertz CT molecular complexity index is 933. The van der Waals surface area contributed by atoms with Crippen LogP contribution in [0.25, 0.3) is 10.9 Å². The zero-order valence-corrected chi connectivity index (χ0v) is 16.9. The summed E-state index contributed by atoms with van der Waals surface area (Å²) in [5, 5.41) is 0.812. The number of para-hydroxylation sites is 1. The molecule has 2 amide bonds. The summed E-state index contributed by atoms with van der Waals surface area (Å²) in [7, 11) is -3.66. The molecule has 1 aromatic heterocycles. The predicted octanol–water partition coefficient (Wildman–Crippen LogP) is 2.31. The monoisotopic (exact) mass is 390 g/mol. The molecule has 8 heteroatoms. The van der Waals surface area contributed by atoms with E-state index in [9.17, 15) is 13.2 Å². The average molecular weight is 391 g/mol. The van der Waals surface area contributed by atoms with Crippen molar-refractivity contribution in [2.24, 2.45) is 0 Å². The number of carbonyl (C=O) groups excluding carboxylic acids is 1. The van der Waals surface area contributed by atoms with Crippen LogP contribution in [0.3, 0.4) is 0 Å². The lowest BCUT2D eigenvalue weighted by atomic mass is 10.2. The maximum absolute atomic E-state index is 13.2. The smallest absolute Gasteiger partial charge is 0.320 e. The van der Waals surface area contributed by atoms with Gasteiger partial charge < -0.3 is 9.80 Å². The molecular weight excluding hydrogens is 364 g/mol. The van der Waals surface area contributed by atoms with Crippen molar-refractivity contribution in [3.63, 3.8) is 0 Å². The summed E-state index contributed by atoms with van der Waals surface area (Å²) in [6.45, 7) is 8.48. The summed E-state index contributed by atoms with van der Waals surface area (Å²) in [6.07, 6.45) is 1.68. The molecule has 0 spiro atoms.